The first-order valence-electron chi connectivity index (χ1n) is 9.46. The van der Waals surface area contributed by atoms with Crippen LogP contribution in [0.4, 0.5) is 0 Å². The van der Waals surface area contributed by atoms with Crippen molar-refractivity contribution in [1.82, 2.24) is 19.3 Å². The van der Waals surface area contributed by atoms with Crippen molar-refractivity contribution in [2.24, 2.45) is 0 Å². The van der Waals surface area contributed by atoms with Crippen LogP contribution < -0.4 is 5.56 Å². The Labute approximate surface area is 151 Å². The molecule has 1 fully saturated rings. The molecular formula is C20H24N4O2. The standard InChI is InChI=1S/C20H24N4O2/c1-3-13(4-2)18-21-12-17-19(25)22-15-8-7-14(11-16(15)24(17)18)20(26)23-9-5-6-10-23/h7-8,11-13H,3-6,9-10H2,1-2H3,(H,22,25). The molecule has 0 spiro atoms. The van der Waals surface area contributed by atoms with Crippen LogP contribution in [0.5, 0.6) is 0 Å². The van der Waals surface area contributed by atoms with Gasteiger partial charge >= 0.3 is 0 Å². The number of hydrogen-bond acceptors (Lipinski definition) is 3. The van der Waals surface area contributed by atoms with E-state index < -0.39 is 0 Å². The van der Waals surface area contributed by atoms with E-state index in [-0.39, 0.29) is 17.4 Å². The normalized spacial score (nSPS) is 14.8. The number of likely N-dealkylation sites (tertiary alicyclic amines) is 1. The van der Waals surface area contributed by atoms with Crippen LogP contribution in [0, 0.1) is 0 Å². The van der Waals surface area contributed by atoms with Crippen LogP contribution in [0.3, 0.4) is 0 Å². The zero-order valence-electron chi connectivity index (χ0n) is 15.3. The molecule has 1 amide bonds. The summed E-state index contributed by atoms with van der Waals surface area (Å²) in [6.45, 7) is 5.91. The maximum absolute atomic E-state index is 12.8. The summed E-state index contributed by atoms with van der Waals surface area (Å²) in [6, 6.07) is 5.53. The molecule has 0 aliphatic carbocycles. The van der Waals surface area contributed by atoms with E-state index >= 15 is 0 Å². The number of amides is 1. The maximum Gasteiger partial charge on any atom is 0.274 e. The SMILES string of the molecule is CCC(CC)c1ncc2c(=O)[nH]c3ccc(C(=O)N4CCCC4)cc3n12. The Morgan fingerprint density at radius 3 is 2.62 bits per heavy atom. The first-order chi connectivity index (χ1) is 12.6. The summed E-state index contributed by atoms with van der Waals surface area (Å²) in [4.78, 5) is 34.6. The molecule has 0 atom stereocenters. The fourth-order valence-corrected chi connectivity index (χ4v) is 3.97. The van der Waals surface area contributed by atoms with Gasteiger partial charge in [0.2, 0.25) is 0 Å². The molecule has 1 saturated heterocycles. The van der Waals surface area contributed by atoms with Crippen molar-refractivity contribution in [3.8, 4) is 0 Å². The smallest absolute Gasteiger partial charge is 0.274 e. The van der Waals surface area contributed by atoms with Crippen molar-refractivity contribution in [2.75, 3.05) is 13.1 Å². The van der Waals surface area contributed by atoms with E-state index in [1.807, 2.05) is 21.4 Å². The van der Waals surface area contributed by atoms with E-state index in [0.717, 1.165) is 55.6 Å². The van der Waals surface area contributed by atoms with Crippen molar-refractivity contribution in [1.29, 1.82) is 0 Å². The summed E-state index contributed by atoms with van der Waals surface area (Å²) >= 11 is 0. The molecule has 1 N–H and O–H groups in total. The van der Waals surface area contributed by atoms with Crippen molar-refractivity contribution in [3.05, 3.63) is 46.1 Å². The Balaban J connectivity index is 1.94. The molecule has 26 heavy (non-hydrogen) atoms. The molecule has 0 bridgehead atoms. The molecule has 136 valence electrons. The van der Waals surface area contributed by atoms with E-state index in [4.69, 9.17) is 0 Å². The first-order valence-corrected chi connectivity index (χ1v) is 9.46. The Bertz CT molecular complexity index is 1020. The Kier molecular flexibility index (Phi) is 4.26. The molecule has 0 radical (unpaired) electrons. The average Bonchev–Trinajstić information content (AvgIpc) is 3.33. The van der Waals surface area contributed by atoms with Gasteiger partial charge in [0.1, 0.15) is 11.3 Å². The van der Waals surface area contributed by atoms with Gasteiger partial charge in [0, 0.05) is 24.6 Å². The highest BCUT2D eigenvalue weighted by Gasteiger charge is 2.21. The Hall–Kier alpha value is -2.63. The lowest BCUT2D eigenvalue weighted by molar-refractivity contribution is 0.0793. The Morgan fingerprint density at radius 2 is 1.92 bits per heavy atom. The molecule has 4 rings (SSSR count). The molecule has 6 nitrogen and oxygen atoms in total. The summed E-state index contributed by atoms with van der Waals surface area (Å²) in [7, 11) is 0. The number of H-pyrrole nitrogens is 1. The summed E-state index contributed by atoms with van der Waals surface area (Å²) in [6.07, 6.45) is 5.68. The number of nitrogens with zero attached hydrogens (tertiary/aromatic N) is 3. The zero-order chi connectivity index (χ0) is 18.3. The molecule has 3 aromatic rings. The van der Waals surface area contributed by atoms with E-state index in [1.165, 1.54) is 0 Å². The van der Waals surface area contributed by atoms with Crippen LogP contribution in [-0.2, 0) is 0 Å². The molecule has 3 heterocycles. The fourth-order valence-electron chi connectivity index (χ4n) is 3.97. The number of imidazole rings is 1. The van der Waals surface area contributed by atoms with E-state index in [2.05, 4.69) is 23.8 Å². The van der Waals surface area contributed by atoms with Crippen molar-refractivity contribution < 1.29 is 4.79 Å². The van der Waals surface area contributed by atoms with E-state index in [0.29, 0.717) is 11.1 Å². The van der Waals surface area contributed by atoms with Gasteiger partial charge in [-0.2, -0.15) is 0 Å². The number of hydrogen-bond donors (Lipinski definition) is 1. The average molecular weight is 352 g/mol. The van der Waals surface area contributed by atoms with Gasteiger partial charge in [-0.25, -0.2) is 4.98 Å². The summed E-state index contributed by atoms with van der Waals surface area (Å²) in [5.41, 5.74) is 2.61. The summed E-state index contributed by atoms with van der Waals surface area (Å²) in [5.74, 6) is 1.24. The monoisotopic (exact) mass is 352 g/mol. The van der Waals surface area contributed by atoms with Crippen LogP contribution in [-0.4, -0.2) is 38.3 Å². The molecule has 2 aromatic heterocycles. The second kappa shape index (κ2) is 6.59. The predicted octanol–water partition coefficient (Wildman–Crippen LogP) is 3.32. The second-order valence-corrected chi connectivity index (χ2v) is 7.04. The van der Waals surface area contributed by atoms with E-state index in [1.54, 1.807) is 12.3 Å². The van der Waals surface area contributed by atoms with Crippen LogP contribution in [0.2, 0.25) is 0 Å². The molecule has 6 heteroatoms. The van der Waals surface area contributed by atoms with Crippen LogP contribution in [0.25, 0.3) is 16.6 Å². The number of rotatable bonds is 4. The molecule has 0 unspecified atom stereocenters. The minimum absolute atomic E-state index is 0.0629. The van der Waals surface area contributed by atoms with Crippen molar-refractivity contribution in [3.63, 3.8) is 0 Å². The topological polar surface area (TPSA) is 70.5 Å². The van der Waals surface area contributed by atoms with Gasteiger partial charge in [-0.1, -0.05) is 13.8 Å². The molecule has 1 aromatic carbocycles. The van der Waals surface area contributed by atoms with Gasteiger partial charge in [-0.05, 0) is 43.9 Å². The second-order valence-electron chi connectivity index (χ2n) is 7.04. The van der Waals surface area contributed by atoms with Crippen molar-refractivity contribution >= 4 is 22.5 Å². The number of aromatic amines is 1. The fraction of sp³-hybridized carbons (Fsp3) is 0.450. The highest BCUT2D eigenvalue weighted by Crippen LogP contribution is 2.25. The zero-order valence-corrected chi connectivity index (χ0v) is 15.3. The third-order valence-electron chi connectivity index (χ3n) is 5.50. The minimum atomic E-state index is -0.152. The number of fused-ring (bicyclic) bond motifs is 3. The highest BCUT2D eigenvalue weighted by molar-refractivity contribution is 5.97. The van der Waals surface area contributed by atoms with Gasteiger partial charge in [0.15, 0.2) is 0 Å². The van der Waals surface area contributed by atoms with Gasteiger partial charge in [-0.15, -0.1) is 0 Å². The number of aromatic nitrogens is 3. The Morgan fingerprint density at radius 1 is 1.19 bits per heavy atom. The lowest BCUT2D eigenvalue weighted by atomic mass is 10.0. The summed E-state index contributed by atoms with van der Waals surface area (Å²) in [5, 5.41) is 0. The lowest BCUT2D eigenvalue weighted by Gasteiger charge is -2.16. The van der Waals surface area contributed by atoms with Crippen LogP contribution in [0.1, 0.15) is 61.6 Å². The number of carbonyl (C=O) groups is 1. The molecule has 0 saturated carbocycles. The first kappa shape index (κ1) is 16.8. The van der Waals surface area contributed by atoms with E-state index in [9.17, 15) is 9.59 Å². The van der Waals surface area contributed by atoms with Crippen molar-refractivity contribution in [2.45, 2.75) is 45.4 Å². The third-order valence-corrected chi connectivity index (χ3v) is 5.50. The lowest BCUT2D eigenvalue weighted by Crippen LogP contribution is -2.27. The highest BCUT2D eigenvalue weighted by atomic mass is 16.2. The number of benzene rings is 1. The van der Waals surface area contributed by atoms with Gasteiger partial charge in [0.25, 0.3) is 11.5 Å². The number of nitrogens with one attached hydrogen (secondary N) is 1. The maximum atomic E-state index is 12.8. The van der Waals surface area contributed by atoms with Gasteiger partial charge in [0.05, 0.1) is 17.2 Å². The number of carbonyl (C=O) groups excluding carboxylic acids is 1. The summed E-state index contributed by atoms with van der Waals surface area (Å²) < 4.78 is 1.94. The molecular weight excluding hydrogens is 328 g/mol. The molecule has 1 aliphatic rings. The van der Waals surface area contributed by atoms with Crippen LogP contribution >= 0.6 is 0 Å². The third kappa shape index (κ3) is 2.60. The van der Waals surface area contributed by atoms with Gasteiger partial charge < -0.3 is 9.88 Å². The predicted molar refractivity (Wildman–Crippen MR) is 102 cm³/mol. The van der Waals surface area contributed by atoms with Crippen LogP contribution in [0.15, 0.2) is 29.2 Å². The largest absolute Gasteiger partial charge is 0.339 e. The quantitative estimate of drug-likeness (QED) is 0.783. The van der Waals surface area contributed by atoms with Gasteiger partial charge in [-0.3, -0.25) is 14.0 Å². The molecule has 1 aliphatic heterocycles. The minimum Gasteiger partial charge on any atom is -0.339 e.